The monoisotopic (exact) mass is 273 g/mol. The van der Waals surface area contributed by atoms with Gasteiger partial charge in [-0.1, -0.05) is 0 Å². The van der Waals surface area contributed by atoms with Crippen LogP contribution in [0.4, 0.5) is 0 Å². The van der Waals surface area contributed by atoms with Crippen molar-refractivity contribution in [3.8, 4) is 0 Å². The maximum absolute atomic E-state index is 12.7. The van der Waals surface area contributed by atoms with Crippen molar-refractivity contribution >= 4 is 16.9 Å². The molecule has 1 amide bonds. The lowest BCUT2D eigenvalue weighted by Gasteiger charge is -2.27. The molecule has 5 heteroatoms. The molecule has 0 bridgehead atoms. The Balaban J connectivity index is 2.05. The maximum atomic E-state index is 12.7. The molecule has 0 atom stereocenters. The van der Waals surface area contributed by atoms with Gasteiger partial charge in [0.1, 0.15) is 5.52 Å². The fourth-order valence-electron chi connectivity index (χ4n) is 2.66. The molecule has 1 fully saturated rings. The van der Waals surface area contributed by atoms with E-state index in [1.54, 1.807) is 6.33 Å². The van der Waals surface area contributed by atoms with Gasteiger partial charge in [0, 0.05) is 19.6 Å². The van der Waals surface area contributed by atoms with Crippen molar-refractivity contribution in [1.29, 1.82) is 0 Å². The highest BCUT2D eigenvalue weighted by Crippen LogP contribution is 2.22. The van der Waals surface area contributed by atoms with Crippen molar-refractivity contribution in [1.82, 2.24) is 14.5 Å². The number of aromatic nitrogens is 2. The highest BCUT2D eigenvalue weighted by atomic mass is 16.5. The van der Waals surface area contributed by atoms with Crippen molar-refractivity contribution < 1.29 is 9.53 Å². The number of carbonyl (C=O) groups is 1. The third kappa shape index (κ3) is 2.18. The average Bonchev–Trinajstić information content (AvgIpc) is 2.89. The van der Waals surface area contributed by atoms with Crippen LogP contribution in [0.25, 0.3) is 11.0 Å². The number of ether oxygens (including phenoxy) is 1. The molecule has 106 valence electrons. The Bertz CT molecular complexity index is 642. The predicted octanol–water partition coefficient (Wildman–Crippen LogP) is 1.84. The van der Waals surface area contributed by atoms with Crippen LogP contribution < -0.4 is 0 Å². The molecular formula is C15H19N3O2. The highest BCUT2D eigenvalue weighted by molar-refractivity contribution is 6.05. The molecule has 0 radical (unpaired) electrons. The largest absolute Gasteiger partial charge is 0.378 e. The van der Waals surface area contributed by atoms with Crippen LogP contribution in [0.3, 0.4) is 0 Å². The van der Waals surface area contributed by atoms with Gasteiger partial charge in [0.2, 0.25) is 0 Å². The zero-order valence-corrected chi connectivity index (χ0v) is 11.9. The zero-order chi connectivity index (χ0) is 14.1. The first-order chi connectivity index (χ1) is 9.70. The van der Waals surface area contributed by atoms with E-state index in [2.05, 4.69) is 22.5 Å². The topological polar surface area (TPSA) is 47.4 Å². The lowest BCUT2D eigenvalue weighted by atomic mass is 10.1. The number of hydrogen-bond donors (Lipinski definition) is 0. The Morgan fingerprint density at radius 2 is 2.10 bits per heavy atom. The van der Waals surface area contributed by atoms with Crippen molar-refractivity contribution in [2.75, 3.05) is 26.3 Å². The van der Waals surface area contributed by atoms with Gasteiger partial charge in [-0.25, -0.2) is 4.98 Å². The first kappa shape index (κ1) is 13.1. The van der Waals surface area contributed by atoms with E-state index in [0.29, 0.717) is 31.9 Å². The molecule has 20 heavy (non-hydrogen) atoms. The average molecular weight is 273 g/mol. The number of amides is 1. The van der Waals surface area contributed by atoms with Gasteiger partial charge in [-0.2, -0.15) is 0 Å². The molecular weight excluding hydrogens is 254 g/mol. The van der Waals surface area contributed by atoms with Gasteiger partial charge >= 0.3 is 0 Å². The van der Waals surface area contributed by atoms with Crippen LogP contribution in [0.1, 0.15) is 22.8 Å². The number of morpholine rings is 1. The van der Waals surface area contributed by atoms with Crippen molar-refractivity contribution in [2.45, 2.75) is 20.4 Å². The second-order valence-corrected chi connectivity index (χ2v) is 5.12. The standard InChI is InChI=1S/C15H19N3O2/c1-3-17-10-16-14-12(8-11(2)9-13(14)17)15(19)18-4-6-20-7-5-18/h8-10H,3-7H2,1-2H3. The summed E-state index contributed by atoms with van der Waals surface area (Å²) in [5.74, 6) is 0.0587. The molecule has 1 aromatic heterocycles. The second kappa shape index (κ2) is 5.25. The number of benzene rings is 1. The van der Waals surface area contributed by atoms with Gasteiger partial charge in [0.25, 0.3) is 5.91 Å². The van der Waals surface area contributed by atoms with Gasteiger partial charge in [0.05, 0.1) is 30.6 Å². The molecule has 1 aliphatic heterocycles. The summed E-state index contributed by atoms with van der Waals surface area (Å²) in [6.07, 6.45) is 1.81. The van der Waals surface area contributed by atoms with E-state index in [9.17, 15) is 4.79 Å². The fourth-order valence-corrected chi connectivity index (χ4v) is 2.66. The Morgan fingerprint density at radius 3 is 2.80 bits per heavy atom. The van der Waals surface area contributed by atoms with Crippen LogP contribution in [0.15, 0.2) is 18.5 Å². The molecule has 0 saturated carbocycles. The quantitative estimate of drug-likeness (QED) is 0.838. The van der Waals surface area contributed by atoms with E-state index in [1.165, 1.54) is 0 Å². The minimum atomic E-state index is 0.0587. The molecule has 5 nitrogen and oxygen atoms in total. The van der Waals surface area contributed by atoms with Crippen LogP contribution in [0.2, 0.25) is 0 Å². The summed E-state index contributed by atoms with van der Waals surface area (Å²) >= 11 is 0. The molecule has 0 N–H and O–H groups in total. The zero-order valence-electron chi connectivity index (χ0n) is 11.9. The van der Waals surface area contributed by atoms with Gasteiger partial charge in [-0.3, -0.25) is 4.79 Å². The molecule has 0 aliphatic carbocycles. The Kier molecular flexibility index (Phi) is 3.44. The van der Waals surface area contributed by atoms with Crippen molar-refractivity contribution in [3.05, 3.63) is 29.6 Å². The summed E-state index contributed by atoms with van der Waals surface area (Å²) in [6.45, 7) is 7.49. The second-order valence-electron chi connectivity index (χ2n) is 5.12. The molecule has 0 unspecified atom stereocenters. The Labute approximate surface area is 118 Å². The summed E-state index contributed by atoms with van der Waals surface area (Å²) < 4.78 is 7.37. The molecule has 2 heterocycles. The van der Waals surface area contributed by atoms with Crippen LogP contribution in [-0.4, -0.2) is 46.7 Å². The van der Waals surface area contributed by atoms with E-state index in [1.807, 2.05) is 17.9 Å². The number of carbonyl (C=O) groups excluding carboxylic acids is 1. The van der Waals surface area contributed by atoms with Crippen LogP contribution >= 0.6 is 0 Å². The number of rotatable bonds is 2. The van der Waals surface area contributed by atoms with Crippen LogP contribution in [0.5, 0.6) is 0 Å². The van der Waals surface area contributed by atoms with Crippen molar-refractivity contribution in [2.24, 2.45) is 0 Å². The fraction of sp³-hybridized carbons (Fsp3) is 0.467. The number of nitrogens with zero attached hydrogens (tertiary/aromatic N) is 3. The smallest absolute Gasteiger partial charge is 0.256 e. The first-order valence-corrected chi connectivity index (χ1v) is 7.03. The van der Waals surface area contributed by atoms with E-state index in [4.69, 9.17) is 4.74 Å². The highest BCUT2D eigenvalue weighted by Gasteiger charge is 2.22. The summed E-state index contributed by atoms with van der Waals surface area (Å²) in [7, 11) is 0. The van der Waals surface area contributed by atoms with E-state index < -0.39 is 0 Å². The lowest BCUT2D eigenvalue weighted by molar-refractivity contribution is 0.0304. The number of hydrogen-bond acceptors (Lipinski definition) is 3. The number of imidazole rings is 1. The number of fused-ring (bicyclic) bond motifs is 1. The minimum absolute atomic E-state index is 0.0587. The first-order valence-electron chi connectivity index (χ1n) is 7.03. The summed E-state index contributed by atoms with van der Waals surface area (Å²) in [6, 6.07) is 4.02. The van der Waals surface area contributed by atoms with Crippen LogP contribution in [0, 0.1) is 6.92 Å². The number of aryl methyl sites for hydroxylation is 2. The van der Waals surface area contributed by atoms with Crippen molar-refractivity contribution in [3.63, 3.8) is 0 Å². The predicted molar refractivity (Wildman–Crippen MR) is 76.9 cm³/mol. The van der Waals surface area contributed by atoms with Gasteiger partial charge in [-0.15, -0.1) is 0 Å². The van der Waals surface area contributed by atoms with Gasteiger partial charge in [-0.05, 0) is 31.5 Å². The molecule has 1 aliphatic rings. The summed E-state index contributed by atoms with van der Waals surface area (Å²) in [4.78, 5) is 19.0. The maximum Gasteiger partial charge on any atom is 0.256 e. The molecule has 1 saturated heterocycles. The minimum Gasteiger partial charge on any atom is -0.378 e. The summed E-state index contributed by atoms with van der Waals surface area (Å²) in [5.41, 5.74) is 3.62. The third-order valence-electron chi connectivity index (χ3n) is 3.74. The SMILES string of the molecule is CCn1cnc2c(C(=O)N3CCOCC3)cc(C)cc21. The van der Waals surface area contributed by atoms with E-state index in [-0.39, 0.29) is 5.91 Å². The van der Waals surface area contributed by atoms with Crippen LogP contribution in [-0.2, 0) is 11.3 Å². The Morgan fingerprint density at radius 1 is 1.35 bits per heavy atom. The van der Waals surface area contributed by atoms with Gasteiger partial charge < -0.3 is 14.2 Å². The Hall–Kier alpha value is -1.88. The molecule has 1 aromatic carbocycles. The third-order valence-corrected chi connectivity index (χ3v) is 3.74. The van der Waals surface area contributed by atoms with Gasteiger partial charge in [0.15, 0.2) is 0 Å². The molecule has 2 aromatic rings. The van der Waals surface area contributed by atoms with E-state index in [0.717, 1.165) is 23.1 Å². The lowest BCUT2D eigenvalue weighted by Crippen LogP contribution is -2.40. The molecule has 0 spiro atoms. The normalized spacial score (nSPS) is 15.8. The molecule has 3 rings (SSSR count). The van der Waals surface area contributed by atoms with E-state index >= 15 is 0 Å². The summed E-state index contributed by atoms with van der Waals surface area (Å²) in [5, 5.41) is 0.